The SMILES string of the molecule is COc1ccccc1C(=O)/C=C/c1ccc(Cl)c(Cl)c1. The van der Waals surface area contributed by atoms with Crippen LogP contribution in [0.1, 0.15) is 15.9 Å². The third-order valence-electron chi connectivity index (χ3n) is 2.74. The van der Waals surface area contributed by atoms with Gasteiger partial charge in [0, 0.05) is 0 Å². The molecule has 102 valence electrons. The lowest BCUT2D eigenvalue weighted by atomic mass is 10.1. The minimum atomic E-state index is -0.131. The highest BCUT2D eigenvalue weighted by Crippen LogP contribution is 2.23. The second kappa shape index (κ2) is 6.60. The molecule has 0 bridgehead atoms. The molecule has 0 saturated heterocycles. The second-order valence-corrected chi connectivity index (χ2v) is 4.89. The first-order valence-corrected chi connectivity index (χ1v) is 6.68. The minimum absolute atomic E-state index is 0.131. The molecular formula is C16H12Cl2O2. The number of ether oxygens (including phenoxy) is 1. The van der Waals surface area contributed by atoms with Gasteiger partial charge in [-0.2, -0.15) is 0 Å². The summed E-state index contributed by atoms with van der Waals surface area (Å²) < 4.78 is 5.16. The molecule has 2 aromatic rings. The van der Waals surface area contributed by atoms with E-state index in [2.05, 4.69) is 0 Å². The number of allylic oxidation sites excluding steroid dienone is 1. The van der Waals surface area contributed by atoms with Gasteiger partial charge in [0.05, 0.1) is 22.7 Å². The predicted octanol–water partition coefficient (Wildman–Crippen LogP) is 4.90. The van der Waals surface area contributed by atoms with Crippen LogP contribution in [0, 0.1) is 0 Å². The lowest BCUT2D eigenvalue weighted by Crippen LogP contribution is -1.98. The number of methoxy groups -OCH3 is 1. The Bertz CT molecular complexity index is 663. The summed E-state index contributed by atoms with van der Waals surface area (Å²) in [6.45, 7) is 0. The van der Waals surface area contributed by atoms with Gasteiger partial charge < -0.3 is 4.74 Å². The maximum atomic E-state index is 12.1. The first-order chi connectivity index (χ1) is 9.61. The number of para-hydroxylation sites is 1. The van der Waals surface area contributed by atoms with Crippen molar-refractivity contribution in [3.8, 4) is 5.75 Å². The zero-order chi connectivity index (χ0) is 14.5. The zero-order valence-electron chi connectivity index (χ0n) is 10.8. The lowest BCUT2D eigenvalue weighted by molar-refractivity contribution is 0.104. The van der Waals surface area contributed by atoms with Gasteiger partial charge >= 0.3 is 0 Å². The lowest BCUT2D eigenvalue weighted by Gasteiger charge is -2.04. The van der Waals surface area contributed by atoms with Crippen LogP contribution in [0.4, 0.5) is 0 Å². The molecule has 0 heterocycles. The molecule has 0 spiro atoms. The van der Waals surface area contributed by atoms with E-state index in [9.17, 15) is 4.79 Å². The topological polar surface area (TPSA) is 26.3 Å². The summed E-state index contributed by atoms with van der Waals surface area (Å²) in [6, 6.07) is 12.3. The van der Waals surface area contributed by atoms with Gasteiger partial charge in [0.1, 0.15) is 5.75 Å². The Balaban J connectivity index is 2.22. The molecule has 0 radical (unpaired) electrons. The monoisotopic (exact) mass is 306 g/mol. The minimum Gasteiger partial charge on any atom is -0.496 e. The Kier molecular flexibility index (Phi) is 4.83. The van der Waals surface area contributed by atoms with Crippen LogP contribution in [0.15, 0.2) is 48.5 Å². The summed E-state index contributed by atoms with van der Waals surface area (Å²) in [7, 11) is 1.54. The molecule has 0 N–H and O–H groups in total. The average molecular weight is 307 g/mol. The van der Waals surface area contributed by atoms with Gasteiger partial charge in [-0.05, 0) is 35.9 Å². The maximum Gasteiger partial charge on any atom is 0.189 e. The molecule has 4 heteroatoms. The number of ketones is 1. The van der Waals surface area contributed by atoms with E-state index in [1.807, 2.05) is 6.07 Å². The molecule has 2 aromatic carbocycles. The first kappa shape index (κ1) is 14.6. The average Bonchev–Trinajstić information content (AvgIpc) is 2.48. The van der Waals surface area contributed by atoms with Gasteiger partial charge in [0.15, 0.2) is 5.78 Å². The normalized spacial score (nSPS) is 10.8. The Morgan fingerprint density at radius 3 is 2.55 bits per heavy atom. The third kappa shape index (κ3) is 3.41. The van der Waals surface area contributed by atoms with E-state index in [1.54, 1.807) is 42.5 Å². The fourth-order valence-electron chi connectivity index (χ4n) is 1.73. The van der Waals surface area contributed by atoms with Crippen molar-refractivity contribution < 1.29 is 9.53 Å². The number of halogens is 2. The van der Waals surface area contributed by atoms with Crippen molar-refractivity contribution >= 4 is 35.1 Å². The Hall–Kier alpha value is -1.77. The van der Waals surface area contributed by atoms with Gasteiger partial charge in [-0.15, -0.1) is 0 Å². The van der Waals surface area contributed by atoms with Crippen LogP contribution in [0.3, 0.4) is 0 Å². The van der Waals surface area contributed by atoms with E-state index in [-0.39, 0.29) is 5.78 Å². The zero-order valence-corrected chi connectivity index (χ0v) is 12.3. The van der Waals surface area contributed by atoms with Gasteiger partial charge in [-0.3, -0.25) is 4.79 Å². The highest BCUT2D eigenvalue weighted by Gasteiger charge is 2.08. The van der Waals surface area contributed by atoms with Gasteiger partial charge in [0.25, 0.3) is 0 Å². The number of hydrogen-bond donors (Lipinski definition) is 0. The van der Waals surface area contributed by atoms with Crippen LogP contribution in [0.5, 0.6) is 5.75 Å². The predicted molar refractivity (Wildman–Crippen MR) is 82.8 cm³/mol. The van der Waals surface area contributed by atoms with Crippen molar-refractivity contribution in [2.45, 2.75) is 0 Å². The molecule has 2 rings (SSSR count). The fourth-order valence-corrected chi connectivity index (χ4v) is 2.03. The Morgan fingerprint density at radius 1 is 1.10 bits per heavy atom. The molecule has 0 fully saturated rings. The van der Waals surface area contributed by atoms with E-state index in [0.717, 1.165) is 5.56 Å². The summed E-state index contributed by atoms with van der Waals surface area (Å²) in [5.41, 5.74) is 1.33. The molecule has 0 unspecified atom stereocenters. The molecule has 0 aliphatic heterocycles. The highest BCUT2D eigenvalue weighted by molar-refractivity contribution is 6.42. The smallest absolute Gasteiger partial charge is 0.189 e. The summed E-state index contributed by atoms with van der Waals surface area (Å²) in [6.07, 6.45) is 3.18. The summed E-state index contributed by atoms with van der Waals surface area (Å²) >= 11 is 11.8. The maximum absolute atomic E-state index is 12.1. The van der Waals surface area contributed by atoms with Crippen LogP contribution in [-0.2, 0) is 0 Å². The molecule has 0 aliphatic carbocycles. The number of carbonyl (C=O) groups is 1. The molecule has 0 aromatic heterocycles. The Morgan fingerprint density at radius 2 is 1.85 bits per heavy atom. The van der Waals surface area contributed by atoms with Crippen LogP contribution < -0.4 is 4.74 Å². The van der Waals surface area contributed by atoms with E-state index < -0.39 is 0 Å². The van der Waals surface area contributed by atoms with E-state index >= 15 is 0 Å². The summed E-state index contributed by atoms with van der Waals surface area (Å²) in [5, 5.41) is 0.943. The van der Waals surface area contributed by atoms with Crippen LogP contribution in [0.25, 0.3) is 6.08 Å². The van der Waals surface area contributed by atoms with E-state index in [1.165, 1.54) is 13.2 Å². The summed E-state index contributed by atoms with van der Waals surface area (Å²) in [5.74, 6) is 0.421. The van der Waals surface area contributed by atoms with Gasteiger partial charge in [-0.25, -0.2) is 0 Å². The molecule has 0 atom stereocenters. The molecule has 2 nitrogen and oxygen atoms in total. The van der Waals surface area contributed by atoms with E-state index in [4.69, 9.17) is 27.9 Å². The van der Waals surface area contributed by atoms with Gasteiger partial charge in [-0.1, -0.05) is 47.5 Å². The third-order valence-corrected chi connectivity index (χ3v) is 3.48. The highest BCUT2D eigenvalue weighted by atomic mass is 35.5. The first-order valence-electron chi connectivity index (χ1n) is 5.92. The Labute approximate surface area is 127 Å². The molecule has 0 amide bonds. The van der Waals surface area contributed by atoms with Crippen molar-refractivity contribution in [1.82, 2.24) is 0 Å². The molecule has 20 heavy (non-hydrogen) atoms. The number of carbonyl (C=O) groups excluding carboxylic acids is 1. The summed E-state index contributed by atoms with van der Waals surface area (Å²) in [4.78, 5) is 12.1. The van der Waals surface area contributed by atoms with Crippen molar-refractivity contribution in [2.75, 3.05) is 7.11 Å². The molecular weight excluding hydrogens is 295 g/mol. The number of benzene rings is 2. The largest absolute Gasteiger partial charge is 0.496 e. The van der Waals surface area contributed by atoms with E-state index in [0.29, 0.717) is 21.4 Å². The number of rotatable bonds is 4. The molecule has 0 aliphatic rings. The fraction of sp³-hybridized carbons (Fsp3) is 0.0625. The van der Waals surface area contributed by atoms with Crippen molar-refractivity contribution in [3.05, 3.63) is 69.7 Å². The van der Waals surface area contributed by atoms with Crippen molar-refractivity contribution in [2.24, 2.45) is 0 Å². The van der Waals surface area contributed by atoms with Crippen LogP contribution in [0.2, 0.25) is 10.0 Å². The molecule has 0 saturated carbocycles. The van der Waals surface area contributed by atoms with Crippen LogP contribution in [-0.4, -0.2) is 12.9 Å². The number of hydrogen-bond acceptors (Lipinski definition) is 2. The van der Waals surface area contributed by atoms with Crippen molar-refractivity contribution in [1.29, 1.82) is 0 Å². The van der Waals surface area contributed by atoms with Gasteiger partial charge in [0.2, 0.25) is 0 Å². The van der Waals surface area contributed by atoms with Crippen molar-refractivity contribution in [3.63, 3.8) is 0 Å². The second-order valence-electron chi connectivity index (χ2n) is 4.07. The quantitative estimate of drug-likeness (QED) is 0.593. The van der Waals surface area contributed by atoms with Crippen LogP contribution >= 0.6 is 23.2 Å². The standard InChI is InChI=1S/C16H12Cl2O2/c1-20-16-5-3-2-4-12(16)15(19)9-7-11-6-8-13(17)14(18)10-11/h2-10H,1H3/b9-7+.